The van der Waals surface area contributed by atoms with Gasteiger partial charge in [0.05, 0.1) is 6.04 Å². The normalized spacial score (nSPS) is 14.6. The van der Waals surface area contributed by atoms with E-state index < -0.39 is 72.1 Å². The van der Waals surface area contributed by atoms with Gasteiger partial charge in [0.2, 0.25) is 23.6 Å². The number of carbonyl (C=O) groups excluding carboxylic acids is 4. The molecule has 0 spiro atoms. The highest BCUT2D eigenvalue weighted by atomic mass is 16.4. The summed E-state index contributed by atoms with van der Waals surface area (Å²) in [5, 5.41) is 35.4. The van der Waals surface area contributed by atoms with Crippen LogP contribution in [0.4, 0.5) is 0 Å². The highest BCUT2D eigenvalue weighted by Gasteiger charge is 2.33. The van der Waals surface area contributed by atoms with E-state index in [0.29, 0.717) is 12.0 Å². The van der Waals surface area contributed by atoms with Crippen molar-refractivity contribution in [3.8, 4) is 5.75 Å². The van der Waals surface area contributed by atoms with Crippen molar-refractivity contribution < 1.29 is 44.1 Å². The maximum absolute atomic E-state index is 13.1. The van der Waals surface area contributed by atoms with Gasteiger partial charge in [-0.2, -0.15) is 0 Å². The molecule has 39 heavy (non-hydrogen) atoms. The highest BCUT2D eigenvalue weighted by Crippen LogP contribution is 2.13. The molecule has 0 fully saturated rings. The van der Waals surface area contributed by atoms with Gasteiger partial charge in [-0.1, -0.05) is 32.4 Å². The van der Waals surface area contributed by atoms with Crippen LogP contribution >= 0.6 is 0 Å². The Bertz CT molecular complexity index is 1030. The van der Waals surface area contributed by atoms with Gasteiger partial charge < -0.3 is 42.7 Å². The molecule has 0 aliphatic carbocycles. The van der Waals surface area contributed by atoms with Crippen molar-refractivity contribution in [2.45, 2.75) is 76.5 Å². The van der Waals surface area contributed by atoms with Crippen molar-refractivity contribution >= 4 is 35.6 Å². The molecule has 0 aliphatic rings. The molecule has 0 bridgehead atoms. The predicted octanol–water partition coefficient (Wildman–Crippen LogP) is -1.02. The number of carboxylic acids is 2. The molecule has 0 aromatic heterocycles. The molecule has 1 rings (SSSR count). The fraction of sp³-hybridized carbons (Fsp3) is 0.520. The van der Waals surface area contributed by atoms with Gasteiger partial charge in [-0.3, -0.25) is 24.0 Å². The third-order valence-corrected chi connectivity index (χ3v) is 6.10. The van der Waals surface area contributed by atoms with Gasteiger partial charge in [0.15, 0.2) is 0 Å². The minimum atomic E-state index is -1.38. The number of aromatic hydroxyl groups is 1. The number of nitrogens with two attached hydrogens (primary N) is 2. The molecule has 0 saturated heterocycles. The number of hydrogen-bond acceptors (Lipinski definition) is 8. The molecule has 0 heterocycles. The van der Waals surface area contributed by atoms with E-state index in [1.165, 1.54) is 24.3 Å². The van der Waals surface area contributed by atoms with Gasteiger partial charge in [-0.25, -0.2) is 4.79 Å². The molecular weight excluding hydrogens is 514 g/mol. The van der Waals surface area contributed by atoms with Crippen LogP contribution in [0.3, 0.4) is 0 Å². The molecule has 1 aromatic rings. The molecule has 1 aromatic carbocycles. The first-order chi connectivity index (χ1) is 18.2. The smallest absolute Gasteiger partial charge is 0.326 e. The van der Waals surface area contributed by atoms with Crippen LogP contribution in [0.5, 0.6) is 5.75 Å². The zero-order valence-electron chi connectivity index (χ0n) is 21.9. The van der Waals surface area contributed by atoms with Crippen LogP contribution in [0.25, 0.3) is 0 Å². The molecule has 14 heteroatoms. The molecule has 216 valence electrons. The minimum Gasteiger partial charge on any atom is -0.508 e. The maximum atomic E-state index is 13.1. The fourth-order valence-electron chi connectivity index (χ4n) is 3.53. The Morgan fingerprint density at radius 3 is 1.95 bits per heavy atom. The van der Waals surface area contributed by atoms with E-state index in [0.717, 1.165) is 0 Å². The summed E-state index contributed by atoms with van der Waals surface area (Å²) in [7, 11) is 0. The summed E-state index contributed by atoms with van der Waals surface area (Å²) in [4.78, 5) is 72.6. The number of carbonyl (C=O) groups is 6. The third-order valence-electron chi connectivity index (χ3n) is 6.10. The topological polar surface area (TPSA) is 251 Å². The first kappa shape index (κ1) is 32.8. The molecule has 10 N–H and O–H groups in total. The second-order valence-corrected chi connectivity index (χ2v) is 9.25. The number of amides is 4. The monoisotopic (exact) mass is 551 g/mol. The van der Waals surface area contributed by atoms with Crippen molar-refractivity contribution in [3.05, 3.63) is 29.8 Å². The van der Waals surface area contributed by atoms with Gasteiger partial charge in [0, 0.05) is 19.3 Å². The lowest BCUT2D eigenvalue weighted by Crippen LogP contribution is -2.59. The zero-order valence-corrected chi connectivity index (χ0v) is 21.9. The number of aliphatic carboxylic acids is 2. The van der Waals surface area contributed by atoms with Gasteiger partial charge in [0.1, 0.15) is 23.9 Å². The Balaban J connectivity index is 3.05. The minimum absolute atomic E-state index is 0.00687. The molecule has 5 atom stereocenters. The van der Waals surface area contributed by atoms with E-state index in [1.54, 1.807) is 13.8 Å². The Hall–Kier alpha value is -4.20. The lowest BCUT2D eigenvalue weighted by atomic mass is 9.96. The van der Waals surface area contributed by atoms with E-state index in [4.69, 9.17) is 16.6 Å². The summed E-state index contributed by atoms with van der Waals surface area (Å²) in [5.41, 5.74) is 11.3. The van der Waals surface area contributed by atoms with Crippen molar-refractivity contribution in [1.82, 2.24) is 16.0 Å². The number of phenolic OH excluding ortho intramolecular Hbond substituents is 1. The standard InChI is InChI=1S/C25H37N5O9/c1-3-13(2)21(24(37)29-18(25(38)39)12-14-4-6-15(31)7-5-14)30-23(36)17(9-11-20(33)34)28-22(35)16(26)8-10-19(27)32/h4-7,13,16-18,21,31H,3,8-12,26H2,1-2H3,(H2,27,32)(H,28,35)(H,29,37)(H,30,36)(H,33,34)(H,38,39). The number of primary amides is 1. The predicted molar refractivity (Wildman–Crippen MR) is 138 cm³/mol. The third kappa shape index (κ3) is 11.8. The van der Waals surface area contributed by atoms with Gasteiger partial charge in [-0.05, 0) is 36.5 Å². The Morgan fingerprint density at radius 1 is 0.846 bits per heavy atom. The van der Waals surface area contributed by atoms with Crippen LogP contribution < -0.4 is 27.4 Å². The summed E-state index contributed by atoms with van der Waals surface area (Å²) in [6.45, 7) is 3.41. The number of carboxylic acid groups (broad SMARTS) is 2. The molecule has 0 aliphatic heterocycles. The first-order valence-electron chi connectivity index (χ1n) is 12.4. The van der Waals surface area contributed by atoms with Crippen LogP contribution in [0.1, 0.15) is 51.5 Å². The van der Waals surface area contributed by atoms with Crippen molar-refractivity contribution in [3.63, 3.8) is 0 Å². The lowest BCUT2D eigenvalue weighted by Gasteiger charge is -2.28. The van der Waals surface area contributed by atoms with Gasteiger partial charge in [-0.15, -0.1) is 0 Å². The van der Waals surface area contributed by atoms with Crippen LogP contribution in [0.2, 0.25) is 0 Å². The van der Waals surface area contributed by atoms with Crippen LogP contribution in [0, 0.1) is 5.92 Å². The molecule has 0 radical (unpaired) electrons. The summed E-state index contributed by atoms with van der Waals surface area (Å²) >= 11 is 0. The van der Waals surface area contributed by atoms with Crippen LogP contribution in [-0.2, 0) is 35.2 Å². The van der Waals surface area contributed by atoms with E-state index in [9.17, 15) is 39.0 Å². The maximum Gasteiger partial charge on any atom is 0.326 e. The van der Waals surface area contributed by atoms with Crippen molar-refractivity contribution in [2.24, 2.45) is 17.4 Å². The van der Waals surface area contributed by atoms with E-state index in [2.05, 4.69) is 16.0 Å². The summed E-state index contributed by atoms with van der Waals surface area (Å²) in [6, 6.07) is 0.646. The second-order valence-electron chi connectivity index (χ2n) is 9.25. The number of phenols is 1. The summed E-state index contributed by atoms with van der Waals surface area (Å²) in [6.07, 6.45) is -0.747. The van der Waals surface area contributed by atoms with Crippen molar-refractivity contribution in [1.29, 1.82) is 0 Å². The van der Waals surface area contributed by atoms with Gasteiger partial charge >= 0.3 is 11.9 Å². The second kappa shape index (κ2) is 15.9. The zero-order chi connectivity index (χ0) is 29.7. The molecular formula is C25H37N5O9. The van der Waals surface area contributed by atoms with Gasteiger partial charge in [0.25, 0.3) is 0 Å². The Morgan fingerprint density at radius 2 is 1.44 bits per heavy atom. The SMILES string of the molecule is CCC(C)C(NC(=O)C(CCC(=O)O)NC(=O)C(N)CCC(N)=O)C(=O)NC(Cc1ccc(O)cc1)C(=O)O. The van der Waals surface area contributed by atoms with Crippen LogP contribution in [-0.4, -0.2) is 75.1 Å². The Kier molecular flexibility index (Phi) is 13.4. The summed E-state index contributed by atoms with van der Waals surface area (Å²) < 4.78 is 0. The number of nitrogens with one attached hydrogen (secondary N) is 3. The quantitative estimate of drug-likeness (QED) is 0.117. The molecule has 4 amide bonds. The van der Waals surface area contributed by atoms with E-state index in [-0.39, 0.29) is 31.4 Å². The largest absolute Gasteiger partial charge is 0.508 e. The lowest BCUT2D eigenvalue weighted by molar-refractivity contribution is -0.142. The Labute approximate surface area is 225 Å². The van der Waals surface area contributed by atoms with E-state index >= 15 is 0 Å². The average Bonchev–Trinajstić information content (AvgIpc) is 2.87. The van der Waals surface area contributed by atoms with Crippen molar-refractivity contribution in [2.75, 3.05) is 0 Å². The first-order valence-corrected chi connectivity index (χ1v) is 12.4. The highest BCUT2D eigenvalue weighted by molar-refractivity contribution is 5.94. The fourth-order valence-corrected chi connectivity index (χ4v) is 3.53. The van der Waals surface area contributed by atoms with E-state index in [1.807, 2.05) is 0 Å². The average molecular weight is 552 g/mol. The summed E-state index contributed by atoms with van der Waals surface area (Å²) in [5.74, 6) is -6.16. The molecule has 0 saturated carbocycles. The number of benzene rings is 1. The number of hydrogen-bond donors (Lipinski definition) is 8. The number of rotatable bonds is 17. The van der Waals surface area contributed by atoms with Crippen LogP contribution in [0.15, 0.2) is 24.3 Å². The molecule has 14 nitrogen and oxygen atoms in total. The molecule has 5 unspecified atom stereocenters.